The van der Waals surface area contributed by atoms with E-state index in [0.717, 1.165) is 20.9 Å². The number of hydrogen-bond donors (Lipinski definition) is 0. The third-order valence-electron chi connectivity index (χ3n) is 3.59. The molecule has 2 aromatic heterocycles. The lowest BCUT2D eigenvalue weighted by Gasteiger charge is -2.17. The van der Waals surface area contributed by atoms with Gasteiger partial charge in [-0.15, -0.1) is 11.3 Å². The summed E-state index contributed by atoms with van der Waals surface area (Å²) in [5.41, 5.74) is 1.86. The van der Waals surface area contributed by atoms with Crippen LogP contribution in [-0.4, -0.2) is 28.1 Å². The number of aryl methyl sites for hydroxylation is 3. The molecule has 1 aromatic carbocycles. The van der Waals surface area contributed by atoms with Crippen LogP contribution in [0.4, 0.5) is 5.69 Å². The Balaban J connectivity index is 1.61. The van der Waals surface area contributed by atoms with Gasteiger partial charge in [0.1, 0.15) is 0 Å². The maximum Gasteiger partial charge on any atom is 0.226 e. The van der Waals surface area contributed by atoms with Crippen LogP contribution in [0, 0.1) is 13.8 Å². The van der Waals surface area contributed by atoms with Crippen molar-refractivity contribution in [3.05, 3.63) is 34.9 Å². The number of anilines is 1. The van der Waals surface area contributed by atoms with E-state index in [-0.39, 0.29) is 5.91 Å². The number of rotatable bonds is 5. The molecule has 0 aliphatic rings. The second kappa shape index (κ2) is 6.45. The lowest BCUT2D eigenvalue weighted by atomic mass is 10.2. The van der Waals surface area contributed by atoms with Crippen LogP contribution in [0.1, 0.15) is 29.6 Å². The summed E-state index contributed by atoms with van der Waals surface area (Å²) in [6.45, 7) is 3.77. The zero-order valence-electron chi connectivity index (χ0n) is 13.4. The van der Waals surface area contributed by atoms with Crippen LogP contribution in [0.2, 0.25) is 0 Å². The fourth-order valence-electron chi connectivity index (χ4n) is 2.38. The highest BCUT2D eigenvalue weighted by atomic mass is 32.1. The van der Waals surface area contributed by atoms with Crippen molar-refractivity contribution in [1.82, 2.24) is 15.1 Å². The molecule has 120 valence electrons. The Kier molecular flexibility index (Phi) is 4.38. The van der Waals surface area contributed by atoms with Gasteiger partial charge in [-0.05, 0) is 38.5 Å². The number of carbonyl (C=O) groups is 1. The van der Waals surface area contributed by atoms with Crippen LogP contribution in [0.15, 0.2) is 22.7 Å². The van der Waals surface area contributed by atoms with E-state index in [4.69, 9.17) is 4.52 Å². The summed E-state index contributed by atoms with van der Waals surface area (Å²) in [5.74, 6) is 1.28. The fourth-order valence-corrected chi connectivity index (χ4v) is 3.24. The Morgan fingerprint density at radius 1 is 1.30 bits per heavy atom. The van der Waals surface area contributed by atoms with E-state index in [1.165, 1.54) is 0 Å². The van der Waals surface area contributed by atoms with E-state index in [0.29, 0.717) is 31.0 Å². The highest BCUT2D eigenvalue weighted by Crippen LogP contribution is 2.26. The topological polar surface area (TPSA) is 72.1 Å². The van der Waals surface area contributed by atoms with Crippen molar-refractivity contribution in [1.29, 1.82) is 0 Å². The molecule has 23 heavy (non-hydrogen) atoms. The molecule has 0 saturated heterocycles. The highest BCUT2D eigenvalue weighted by molar-refractivity contribution is 7.18. The van der Waals surface area contributed by atoms with Crippen molar-refractivity contribution < 1.29 is 9.32 Å². The first-order valence-electron chi connectivity index (χ1n) is 7.46. The monoisotopic (exact) mass is 330 g/mol. The van der Waals surface area contributed by atoms with E-state index >= 15 is 0 Å². The molecule has 0 radical (unpaired) electrons. The molecule has 0 unspecified atom stereocenters. The van der Waals surface area contributed by atoms with Gasteiger partial charge in [-0.3, -0.25) is 4.79 Å². The molecule has 1 amide bonds. The van der Waals surface area contributed by atoms with Crippen LogP contribution in [-0.2, 0) is 11.2 Å². The zero-order chi connectivity index (χ0) is 16.4. The van der Waals surface area contributed by atoms with Crippen molar-refractivity contribution in [3.63, 3.8) is 0 Å². The van der Waals surface area contributed by atoms with Gasteiger partial charge in [0.15, 0.2) is 5.82 Å². The number of nitrogens with zero attached hydrogens (tertiary/aromatic N) is 4. The second-order valence-electron chi connectivity index (χ2n) is 5.43. The maximum atomic E-state index is 12.3. The molecule has 0 aliphatic heterocycles. The maximum absolute atomic E-state index is 12.3. The molecule has 0 saturated carbocycles. The second-order valence-corrected chi connectivity index (χ2v) is 6.66. The quantitative estimate of drug-likeness (QED) is 0.718. The molecule has 3 aromatic rings. The Morgan fingerprint density at radius 2 is 2.13 bits per heavy atom. The first-order chi connectivity index (χ1) is 11.0. The Morgan fingerprint density at radius 3 is 2.87 bits per heavy atom. The van der Waals surface area contributed by atoms with Gasteiger partial charge in [0.25, 0.3) is 0 Å². The van der Waals surface area contributed by atoms with Gasteiger partial charge in [-0.2, -0.15) is 4.98 Å². The molecular weight excluding hydrogens is 312 g/mol. The fraction of sp³-hybridized carbons (Fsp3) is 0.375. The summed E-state index contributed by atoms with van der Waals surface area (Å²) in [5, 5.41) is 4.77. The zero-order valence-corrected chi connectivity index (χ0v) is 14.2. The predicted molar refractivity (Wildman–Crippen MR) is 89.7 cm³/mol. The van der Waals surface area contributed by atoms with Crippen LogP contribution in [0.3, 0.4) is 0 Å². The smallest absolute Gasteiger partial charge is 0.226 e. The predicted octanol–water partition coefficient (Wildman–Crippen LogP) is 3.28. The molecule has 7 heteroatoms. The van der Waals surface area contributed by atoms with Gasteiger partial charge in [-0.25, -0.2) is 4.98 Å². The number of benzene rings is 1. The van der Waals surface area contributed by atoms with Crippen LogP contribution in [0.25, 0.3) is 10.2 Å². The molecule has 0 bridgehead atoms. The summed E-state index contributed by atoms with van der Waals surface area (Å²) >= 11 is 1.64. The molecule has 0 fully saturated rings. The average Bonchev–Trinajstić information content (AvgIpc) is 3.10. The third kappa shape index (κ3) is 3.56. The van der Waals surface area contributed by atoms with E-state index in [1.54, 1.807) is 30.2 Å². The Labute approximate surface area is 138 Å². The molecule has 2 heterocycles. The standard InChI is InChI=1S/C16H18N4O2S/c1-10-17-15(22-19-10)5-4-6-16(21)20(3)12-7-8-13-14(9-12)23-11(2)18-13/h7-9H,4-6H2,1-3H3. The molecule has 0 spiro atoms. The van der Waals surface area contributed by atoms with Gasteiger partial charge < -0.3 is 9.42 Å². The van der Waals surface area contributed by atoms with Gasteiger partial charge in [0.2, 0.25) is 11.8 Å². The summed E-state index contributed by atoms with van der Waals surface area (Å²) in [6, 6.07) is 5.90. The third-order valence-corrected chi connectivity index (χ3v) is 4.52. The van der Waals surface area contributed by atoms with Crippen molar-refractivity contribution in [3.8, 4) is 0 Å². The number of fused-ring (bicyclic) bond motifs is 1. The highest BCUT2D eigenvalue weighted by Gasteiger charge is 2.13. The van der Waals surface area contributed by atoms with Gasteiger partial charge in [0.05, 0.1) is 15.2 Å². The number of hydrogen-bond acceptors (Lipinski definition) is 6. The van der Waals surface area contributed by atoms with Gasteiger partial charge in [-0.1, -0.05) is 5.16 Å². The average molecular weight is 330 g/mol. The van der Waals surface area contributed by atoms with Crippen molar-refractivity contribution in [2.75, 3.05) is 11.9 Å². The van der Waals surface area contributed by atoms with Gasteiger partial charge >= 0.3 is 0 Å². The van der Waals surface area contributed by atoms with Crippen molar-refractivity contribution >= 4 is 33.1 Å². The number of aromatic nitrogens is 3. The van der Waals surface area contributed by atoms with E-state index in [1.807, 2.05) is 25.1 Å². The Bertz CT molecular complexity index is 840. The first kappa shape index (κ1) is 15.6. The lowest BCUT2D eigenvalue weighted by Crippen LogP contribution is -2.25. The minimum atomic E-state index is 0.0711. The van der Waals surface area contributed by atoms with Crippen molar-refractivity contribution in [2.24, 2.45) is 0 Å². The van der Waals surface area contributed by atoms with E-state index < -0.39 is 0 Å². The Hall–Kier alpha value is -2.28. The molecule has 3 rings (SSSR count). The lowest BCUT2D eigenvalue weighted by molar-refractivity contribution is -0.118. The summed E-state index contributed by atoms with van der Waals surface area (Å²) in [7, 11) is 1.80. The first-order valence-corrected chi connectivity index (χ1v) is 8.27. The van der Waals surface area contributed by atoms with Crippen molar-refractivity contribution in [2.45, 2.75) is 33.1 Å². The van der Waals surface area contributed by atoms with Gasteiger partial charge in [0, 0.05) is 25.6 Å². The minimum Gasteiger partial charge on any atom is -0.339 e. The van der Waals surface area contributed by atoms with Crippen LogP contribution >= 0.6 is 11.3 Å². The van der Waals surface area contributed by atoms with Crippen LogP contribution in [0.5, 0.6) is 0 Å². The number of carbonyl (C=O) groups excluding carboxylic acids is 1. The summed E-state index contributed by atoms with van der Waals surface area (Å²) in [4.78, 5) is 22.6. The van der Waals surface area contributed by atoms with E-state index in [2.05, 4.69) is 15.1 Å². The molecule has 0 aliphatic carbocycles. The largest absolute Gasteiger partial charge is 0.339 e. The number of amides is 1. The molecule has 0 atom stereocenters. The minimum absolute atomic E-state index is 0.0711. The number of thiazole rings is 1. The summed E-state index contributed by atoms with van der Waals surface area (Å²) in [6.07, 6.45) is 1.75. The SMILES string of the molecule is Cc1noc(CCCC(=O)N(C)c2ccc3nc(C)sc3c2)n1. The normalized spacial score (nSPS) is 11.1. The van der Waals surface area contributed by atoms with E-state index in [9.17, 15) is 4.79 Å². The summed E-state index contributed by atoms with van der Waals surface area (Å²) < 4.78 is 6.15. The molecular formula is C16H18N4O2S. The van der Waals surface area contributed by atoms with Crippen LogP contribution < -0.4 is 4.90 Å². The molecule has 0 N–H and O–H groups in total. The molecule has 6 nitrogen and oxygen atoms in total.